The molecule has 1 aliphatic rings. The maximum atomic E-state index is 13.3. The molecule has 2 rings (SSSR count). The average molecular weight is 213 g/mol. The molecule has 2 atom stereocenters. The molecule has 0 aromatic heterocycles. The van der Waals surface area contributed by atoms with Crippen LogP contribution in [-0.4, -0.2) is 18.8 Å². The summed E-state index contributed by atoms with van der Waals surface area (Å²) in [6.07, 6.45) is 0.851. The Morgan fingerprint density at radius 2 is 2.20 bits per heavy atom. The molecular weight excluding hydrogens is 200 g/mol. The summed E-state index contributed by atoms with van der Waals surface area (Å²) in [6.45, 7) is 2.58. The van der Waals surface area contributed by atoms with Gasteiger partial charge in [0, 0.05) is 6.61 Å². The SMILES string of the molecule is C[C@H]1OCC[C@@H]1Nc1cc(F)ccc1F. The highest BCUT2D eigenvalue weighted by molar-refractivity contribution is 5.46. The van der Waals surface area contributed by atoms with Gasteiger partial charge in [-0.15, -0.1) is 0 Å². The second-order valence-electron chi connectivity index (χ2n) is 3.74. The number of ether oxygens (including phenoxy) is 1. The molecule has 1 heterocycles. The van der Waals surface area contributed by atoms with Crippen molar-refractivity contribution in [3.8, 4) is 0 Å². The van der Waals surface area contributed by atoms with E-state index < -0.39 is 11.6 Å². The molecule has 1 saturated heterocycles. The van der Waals surface area contributed by atoms with Gasteiger partial charge < -0.3 is 10.1 Å². The van der Waals surface area contributed by atoms with Crippen molar-refractivity contribution in [3.05, 3.63) is 29.8 Å². The Kier molecular flexibility index (Phi) is 2.86. The Balaban J connectivity index is 2.12. The van der Waals surface area contributed by atoms with Crippen LogP contribution in [0.2, 0.25) is 0 Å². The molecule has 1 aromatic carbocycles. The minimum Gasteiger partial charge on any atom is -0.377 e. The van der Waals surface area contributed by atoms with E-state index in [-0.39, 0.29) is 17.8 Å². The van der Waals surface area contributed by atoms with Crippen molar-refractivity contribution in [2.24, 2.45) is 0 Å². The lowest BCUT2D eigenvalue weighted by Gasteiger charge is -2.17. The van der Waals surface area contributed by atoms with Crippen LogP contribution >= 0.6 is 0 Å². The van der Waals surface area contributed by atoms with Gasteiger partial charge in [-0.1, -0.05) is 0 Å². The van der Waals surface area contributed by atoms with E-state index >= 15 is 0 Å². The van der Waals surface area contributed by atoms with Gasteiger partial charge in [0.1, 0.15) is 11.6 Å². The summed E-state index contributed by atoms with van der Waals surface area (Å²) in [5.74, 6) is -0.874. The fourth-order valence-corrected chi connectivity index (χ4v) is 1.73. The Morgan fingerprint density at radius 3 is 2.87 bits per heavy atom. The van der Waals surface area contributed by atoms with Crippen LogP contribution in [0.25, 0.3) is 0 Å². The van der Waals surface area contributed by atoms with E-state index in [4.69, 9.17) is 4.74 Å². The molecule has 15 heavy (non-hydrogen) atoms. The number of nitrogens with one attached hydrogen (secondary N) is 1. The molecule has 1 fully saturated rings. The smallest absolute Gasteiger partial charge is 0.146 e. The Bertz CT molecular complexity index is 356. The zero-order valence-electron chi connectivity index (χ0n) is 8.47. The number of hydrogen-bond donors (Lipinski definition) is 1. The van der Waals surface area contributed by atoms with Crippen molar-refractivity contribution >= 4 is 5.69 Å². The van der Waals surface area contributed by atoms with Crippen molar-refractivity contribution < 1.29 is 13.5 Å². The van der Waals surface area contributed by atoms with E-state index in [1.54, 1.807) is 0 Å². The summed E-state index contributed by atoms with van der Waals surface area (Å²) in [6, 6.07) is 3.45. The van der Waals surface area contributed by atoms with Crippen LogP contribution in [0.5, 0.6) is 0 Å². The lowest BCUT2D eigenvalue weighted by atomic mass is 10.1. The molecule has 0 unspecified atom stereocenters. The molecule has 1 aliphatic heterocycles. The van der Waals surface area contributed by atoms with Crippen molar-refractivity contribution in [1.29, 1.82) is 0 Å². The predicted molar refractivity (Wildman–Crippen MR) is 53.8 cm³/mol. The fourth-order valence-electron chi connectivity index (χ4n) is 1.73. The van der Waals surface area contributed by atoms with E-state index in [1.165, 1.54) is 6.07 Å². The first-order valence-electron chi connectivity index (χ1n) is 5.00. The van der Waals surface area contributed by atoms with Gasteiger partial charge in [-0.25, -0.2) is 8.78 Å². The highest BCUT2D eigenvalue weighted by atomic mass is 19.1. The molecule has 4 heteroatoms. The molecule has 82 valence electrons. The summed E-state index contributed by atoms with van der Waals surface area (Å²) in [5.41, 5.74) is 0.206. The van der Waals surface area contributed by atoms with Gasteiger partial charge in [-0.3, -0.25) is 0 Å². The number of benzene rings is 1. The molecule has 0 aliphatic carbocycles. The summed E-state index contributed by atoms with van der Waals surface area (Å²) >= 11 is 0. The molecule has 0 bridgehead atoms. The summed E-state index contributed by atoms with van der Waals surface area (Å²) in [5, 5.41) is 2.96. The van der Waals surface area contributed by atoms with Crippen molar-refractivity contribution in [2.45, 2.75) is 25.5 Å². The fraction of sp³-hybridized carbons (Fsp3) is 0.455. The van der Waals surface area contributed by atoms with Crippen molar-refractivity contribution in [2.75, 3.05) is 11.9 Å². The third kappa shape index (κ3) is 2.26. The minimum absolute atomic E-state index is 0.0349. The van der Waals surface area contributed by atoms with Crippen LogP contribution in [0.1, 0.15) is 13.3 Å². The number of hydrogen-bond acceptors (Lipinski definition) is 2. The molecule has 2 nitrogen and oxygen atoms in total. The maximum absolute atomic E-state index is 13.3. The lowest BCUT2D eigenvalue weighted by Crippen LogP contribution is -2.27. The normalized spacial score (nSPS) is 25.5. The summed E-state index contributed by atoms with van der Waals surface area (Å²) in [7, 11) is 0. The topological polar surface area (TPSA) is 21.3 Å². The first-order valence-corrected chi connectivity index (χ1v) is 5.00. The third-order valence-electron chi connectivity index (χ3n) is 2.65. The third-order valence-corrected chi connectivity index (χ3v) is 2.65. The molecule has 0 saturated carbocycles. The second kappa shape index (κ2) is 4.14. The van der Waals surface area contributed by atoms with E-state index in [1.807, 2.05) is 6.92 Å². The molecule has 0 amide bonds. The Morgan fingerprint density at radius 1 is 1.40 bits per heavy atom. The van der Waals surface area contributed by atoms with Crippen LogP contribution in [0, 0.1) is 11.6 Å². The molecule has 1 aromatic rings. The highest BCUT2D eigenvalue weighted by Crippen LogP contribution is 2.21. The van der Waals surface area contributed by atoms with E-state index in [0.29, 0.717) is 6.61 Å². The van der Waals surface area contributed by atoms with Crippen LogP contribution in [0.4, 0.5) is 14.5 Å². The van der Waals surface area contributed by atoms with Gasteiger partial charge in [-0.05, 0) is 31.5 Å². The van der Waals surface area contributed by atoms with E-state index in [2.05, 4.69) is 5.32 Å². The van der Waals surface area contributed by atoms with Crippen LogP contribution < -0.4 is 5.32 Å². The Labute approximate surface area is 87.2 Å². The van der Waals surface area contributed by atoms with E-state index in [0.717, 1.165) is 18.6 Å². The molecular formula is C11H13F2NO. The van der Waals surface area contributed by atoms with Gasteiger partial charge in [-0.2, -0.15) is 0 Å². The Hall–Kier alpha value is -1.16. The zero-order valence-corrected chi connectivity index (χ0v) is 8.47. The molecule has 0 spiro atoms. The molecule has 0 radical (unpaired) electrons. The zero-order chi connectivity index (χ0) is 10.8. The first-order chi connectivity index (χ1) is 7.16. The van der Waals surface area contributed by atoms with Crippen LogP contribution in [0.3, 0.4) is 0 Å². The standard InChI is InChI=1S/C11H13F2NO/c1-7-10(4-5-15-7)14-11-6-8(12)2-3-9(11)13/h2-3,6-7,10,14H,4-5H2,1H3/t7-,10+/m1/s1. The second-order valence-corrected chi connectivity index (χ2v) is 3.74. The lowest BCUT2D eigenvalue weighted by molar-refractivity contribution is 0.121. The highest BCUT2D eigenvalue weighted by Gasteiger charge is 2.24. The number of anilines is 1. The molecule has 1 N–H and O–H groups in total. The van der Waals surface area contributed by atoms with Crippen molar-refractivity contribution in [3.63, 3.8) is 0 Å². The largest absolute Gasteiger partial charge is 0.377 e. The average Bonchev–Trinajstić information content (AvgIpc) is 2.58. The van der Waals surface area contributed by atoms with Crippen molar-refractivity contribution in [1.82, 2.24) is 0 Å². The van der Waals surface area contributed by atoms with Crippen LogP contribution in [-0.2, 0) is 4.74 Å². The predicted octanol–water partition coefficient (Wildman–Crippen LogP) is 2.55. The van der Waals surface area contributed by atoms with Crippen LogP contribution in [0.15, 0.2) is 18.2 Å². The quantitative estimate of drug-likeness (QED) is 0.815. The summed E-state index contributed by atoms with van der Waals surface area (Å²) in [4.78, 5) is 0. The number of rotatable bonds is 2. The van der Waals surface area contributed by atoms with Gasteiger partial charge in [0.05, 0.1) is 17.8 Å². The maximum Gasteiger partial charge on any atom is 0.146 e. The first kappa shape index (κ1) is 10.4. The van der Waals surface area contributed by atoms with Gasteiger partial charge in [0.15, 0.2) is 0 Å². The minimum atomic E-state index is -0.439. The van der Waals surface area contributed by atoms with Gasteiger partial charge in [0.2, 0.25) is 0 Å². The number of halogens is 2. The van der Waals surface area contributed by atoms with Gasteiger partial charge >= 0.3 is 0 Å². The summed E-state index contributed by atoms with van der Waals surface area (Å²) < 4.78 is 31.5. The van der Waals surface area contributed by atoms with Gasteiger partial charge in [0.25, 0.3) is 0 Å². The van der Waals surface area contributed by atoms with E-state index in [9.17, 15) is 8.78 Å². The monoisotopic (exact) mass is 213 g/mol.